The first-order valence-corrected chi connectivity index (χ1v) is 7.36. The number of para-hydroxylation sites is 2. The van der Waals surface area contributed by atoms with Crippen molar-refractivity contribution in [2.45, 2.75) is 18.9 Å². The maximum atomic E-state index is 12.9. The fourth-order valence-corrected chi connectivity index (χ4v) is 3.31. The molecule has 0 saturated heterocycles. The number of rotatable bonds is 2. The molecule has 114 valence electrons. The Morgan fingerprint density at radius 1 is 1.17 bits per heavy atom. The number of Topliss-reactive ketones (excluding diaryl/α,β-unsaturated/α-hetero) is 1. The normalized spacial score (nSPS) is 18.7. The second kappa shape index (κ2) is 4.60. The van der Waals surface area contributed by atoms with Gasteiger partial charge >= 0.3 is 0 Å². The largest absolute Gasteiger partial charge is 0.377 e. The molecule has 0 unspecified atom stereocenters. The Morgan fingerprint density at radius 3 is 2.65 bits per heavy atom. The van der Waals surface area contributed by atoms with Crippen molar-refractivity contribution in [2.24, 2.45) is 0 Å². The number of ketones is 1. The minimum Gasteiger partial charge on any atom is -0.377 e. The third kappa shape index (κ3) is 1.80. The number of carbonyl (C=O) groups is 1. The van der Waals surface area contributed by atoms with E-state index in [1.807, 2.05) is 0 Å². The summed E-state index contributed by atoms with van der Waals surface area (Å²) in [6.45, 7) is 1.42. The van der Waals surface area contributed by atoms with Crippen molar-refractivity contribution in [3.8, 4) is 5.69 Å². The van der Waals surface area contributed by atoms with Crippen LogP contribution in [0.2, 0.25) is 0 Å². The molecule has 0 aliphatic carbocycles. The smallest absolute Gasteiger partial charge is 0.266 e. The first-order valence-electron chi connectivity index (χ1n) is 7.36. The monoisotopic (exact) mass is 306 g/mol. The zero-order valence-corrected chi connectivity index (χ0v) is 12.5. The van der Waals surface area contributed by atoms with E-state index in [2.05, 4.69) is 4.98 Å². The summed E-state index contributed by atoms with van der Waals surface area (Å²) in [6.07, 6.45) is -0.116. The van der Waals surface area contributed by atoms with E-state index < -0.39 is 5.60 Å². The van der Waals surface area contributed by atoms with Gasteiger partial charge in [-0.2, -0.15) is 0 Å². The molecule has 2 heterocycles. The molecule has 2 aromatic carbocycles. The van der Waals surface area contributed by atoms with Crippen LogP contribution in [0.3, 0.4) is 0 Å². The lowest BCUT2D eigenvalue weighted by atomic mass is 9.89. The molecular weight excluding hydrogens is 292 g/mol. The predicted octanol–water partition coefficient (Wildman–Crippen LogP) is 1.91. The van der Waals surface area contributed by atoms with Crippen LogP contribution in [0.5, 0.6) is 0 Å². The van der Waals surface area contributed by atoms with Crippen LogP contribution in [0.25, 0.3) is 16.6 Å². The molecule has 1 N–H and O–H groups in total. The van der Waals surface area contributed by atoms with E-state index in [-0.39, 0.29) is 23.6 Å². The Hall–Kier alpha value is -2.79. The second-order valence-electron chi connectivity index (χ2n) is 5.85. The molecule has 1 aliphatic heterocycles. The van der Waals surface area contributed by atoms with Gasteiger partial charge in [0.25, 0.3) is 5.56 Å². The van der Waals surface area contributed by atoms with Crippen molar-refractivity contribution >= 4 is 16.7 Å². The minimum atomic E-state index is -1.58. The number of benzene rings is 2. The molecule has 0 spiro atoms. The van der Waals surface area contributed by atoms with Crippen molar-refractivity contribution in [1.82, 2.24) is 9.55 Å². The van der Waals surface area contributed by atoms with Gasteiger partial charge in [-0.1, -0.05) is 30.3 Å². The maximum absolute atomic E-state index is 12.9. The topological polar surface area (TPSA) is 72.2 Å². The SMILES string of the molecule is CC(=O)C[C@]1(O)c2ccccc2-n2c1nc1ccccc1c2=O. The van der Waals surface area contributed by atoms with Crippen molar-refractivity contribution in [3.63, 3.8) is 0 Å². The van der Waals surface area contributed by atoms with E-state index in [0.717, 1.165) is 0 Å². The van der Waals surface area contributed by atoms with Gasteiger partial charge < -0.3 is 5.11 Å². The Bertz CT molecular complexity index is 1020. The summed E-state index contributed by atoms with van der Waals surface area (Å²) in [5.74, 6) is 0.0377. The molecule has 1 aromatic heterocycles. The van der Waals surface area contributed by atoms with Crippen molar-refractivity contribution in [2.75, 3.05) is 0 Å². The van der Waals surface area contributed by atoms with Crippen molar-refractivity contribution in [3.05, 3.63) is 70.3 Å². The van der Waals surface area contributed by atoms with Gasteiger partial charge in [-0.05, 0) is 25.1 Å². The van der Waals surface area contributed by atoms with Crippen LogP contribution in [-0.2, 0) is 10.4 Å². The molecule has 0 amide bonds. The molecule has 23 heavy (non-hydrogen) atoms. The summed E-state index contributed by atoms with van der Waals surface area (Å²) in [7, 11) is 0. The third-order valence-corrected chi connectivity index (χ3v) is 4.24. The van der Waals surface area contributed by atoms with Crippen LogP contribution in [0.1, 0.15) is 24.7 Å². The molecule has 0 fully saturated rings. The van der Waals surface area contributed by atoms with E-state index >= 15 is 0 Å². The number of aliphatic hydroxyl groups is 1. The highest BCUT2D eigenvalue weighted by atomic mass is 16.3. The lowest BCUT2D eigenvalue weighted by molar-refractivity contribution is -0.120. The van der Waals surface area contributed by atoms with E-state index in [0.29, 0.717) is 22.2 Å². The van der Waals surface area contributed by atoms with Crippen LogP contribution in [0.4, 0.5) is 0 Å². The fraction of sp³-hybridized carbons (Fsp3) is 0.167. The zero-order chi connectivity index (χ0) is 16.2. The number of carbonyl (C=O) groups excluding carboxylic acids is 1. The summed E-state index contributed by atoms with van der Waals surface area (Å²) in [6, 6.07) is 14.1. The molecule has 1 aliphatic rings. The molecular formula is C18H14N2O3. The maximum Gasteiger partial charge on any atom is 0.266 e. The van der Waals surface area contributed by atoms with Gasteiger partial charge in [-0.3, -0.25) is 14.2 Å². The molecule has 0 radical (unpaired) electrons. The standard InChI is InChI=1S/C18H14N2O3/c1-11(21)10-18(23)13-7-3-5-9-15(13)20-16(22)12-6-2-4-8-14(12)19-17(18)20/h2-9,23H,10H2,1H3/t18-/m0/s1. The summed E-state index contributed by atoms with van der Waals surface area (Å²) in [4.78, 5) is 29.1. The first kappa shape index (κ1) is 13.8. The van der Waals surface area contributed by atoms with Gasteiger partial charge in [0.2, 0.25) is 0 Å². The van der Waals surface area contributed by atoms with E-state index in [1.54, 1.807) is 48.5 Å². The summed E-state index contributed by atoms with van der Waals surface area (Å²) in [5.41, 5.74) is -0.188. The highest BCUT2D eigenvalue weighted by Gasteiger charge is 2.45. The Kier molecular flexibility index (Phi) is 2.77. The van der Waals surface area contributed by atoms with E-state index in [4.69, 9.17) is 0 Å². The number of fused-ring (bicyclic) bond motifs is 4. The van der Waals surface area contributed by atoms with Crippen molar-refractivity contribution in [1.29, 1.82) is 0 Å². The Morgan fingerprint density at radius 2 is 1.87 bits per heavy atom. The van der Waals surface area contributed by atoms with Gasteiger partial charge in [0, 0.05) is 12.0 Å². The summed E-state index contributed by atoms with van der Waals surface area (Å²) in [5, 5.41) is 11.7. The van der Waals surface area contributed by atoms with Crippen LogP contribution >= 0.6 is 0 Å². The van der Waals surface area contributed by atoms with Gasteiger partial charge in [0.1, 0.15) is 5.78 Å². The van der Waals surface area contributed by atoms with Crippen molar-refractivity contribution < 1.29 is 9.90 Å². The highest BCUT2D eigenvalue weighted by molar-refractivity contribution is 5.81. The van der Waals surface area contributed by atoms with Crippen LogP contribution in [-0.4, -0.2) is 20.4 Å². The summed E-state index contributed by atoms with van der Waals surface area (Å²) >= 11 is 0. The molecule has 0 bridgehead atoms. The average Bonchev–Trinajstić information content (AvgIpc) is 2.77. The quantitative estimate of drug-likeness (QED) is 0.785. The molecule has 4 rings (SSSR count). The Balaban J connectivity index is 2.16. The number of hydrogen-bond acceptors (Lipinski definition) is 4. The fourth-order valence-electron chi connectivity index (χ4n) is 3.31. The predicted molar refractivity (Wildman–Crippen MR) is 85.6 cm³/mol. The molecule has 3 aromatic rings. The van der Waals surface area contributed by atoms with Crippen LogP contribution in [0.15, 0.2) is 53.3 Å². The van der Waals surface area contributed by atoms with Gasteiger partial charge in [0.15, 0.2) is 11.4 Å². The third-order valence-electron chi connectivity index (χ3n) is 4.24. The van der Waals surface area contributed by atoms with Crippen LogP contribution < -0.4 is 5.56 Å². The number of aromatic nitrogens is 2. The van der Waals surface area contributed by atoms with Gasteiger partial charge in [0.05, 0.1) is 16.6 Å². The zero-order valence-electron chi connectivity index (χ0n) is 12.5. The highest BCUT2D eigenvalue weighted by Crippen LogP contribution is 2.41. The van der Waals surface area contributed by atoms with E-state index in [9.17, 15) is 14.7 Å². The lowest BCUT2D eigenvalue weighted by Crippen LogP contribution is -2.31. The first-order chi connectivity index (χ1) is 11.0. The van der Waals surface area contributed by atoms with Gasteiger partial charge in [-0.25, -0.2) is 4.98 Å². The Labute approximate surface area is 131 Å². The molecule has 1 atom stereocenters. The van der Waals surface area contributed by atoms with Crippen LogP contribution in [0, 0.1) is 0 Å². The number of hydrogen-bond donors (Lipinski definition) is 1. The molecule has 0 saturated carbocycles. The van der Waals surface area contributed by atoms with E-state index in [1.165, 1.54) is 11.5 Å². The molecule has 5 heteroatoms. The lowest BCUT2D eigenvalue weighted by Gasteiger charge is -2.22. The average molecular weight is 306 g/mol. The summed E-state index contributed by atoms with van der Waals surface area (Å²) < 4.78 is 1.42. The number of nitrogens with zero attached hydrogens (tertiary/aromatic N) is 2. The second-order valence-corrected chi connectivity index (χ2v) is 5.85. The van der Waals surface area contributed by atoms with Gasteiger partial charge in [-0.15, -0.1) is 0 Å². The minimum absolute atomic E-state index is 0.116. The molecule has 5 nitrogen and oxygen atoms in total.